The molecule has 3 nitrogen and oxygen atoms in total. The van der Waals surface area contributed by atoms with E-state index < -0.39 is 0 Å². The van der Waals surface area contributed by atoms with Crippen molar-refractivity contribution in [3.05, 3.63) is 37.7 Å². The van der Waals surface area contributed by atoms with Crippen LogP contribution in [0.25, 0.3) is 0 Å². The molecule has 0 aliphatic heterocycles. The van der Waals surface area contributed by atoms with E-state index >= 15 is 0 Å². The standard InChI is InChI=1S/C12H18BrNOS.C12H20O/c1-5-9(15)10-8(4)12(16-11(10)13)14(6-2)7-3;1-6-11(12(13)7-2)10(5)8-9(3)4/h5-7H2,1-4H3;8H,6-7H2,1-5H3/b;11-10-. The third kappa shape index (κ3) is 8.21. The summed E-state index contributed by atoms with van der Waals surface area (Å²) >= 11 is 5.17. The molecule has 1 aromatic rings. The number of carbonyl (C=O) groups is 2. The second-order valence-corrected chi connectivity index (χ2v) is 9.46. The quantitative estimate of drug-likeness (QED) is 0.203. The first kappa shape index (κ1) is 27.8. The average molecular weight is 485 g/mol. The van der Waals surface area contributed by atoms with Crippen molar-refractivity contribution in [3.8, 4) is 0 Å². The molecular formula is C24H38BrNO2S. The molecule has 0 saturated heterocycles. The lowest BCUT2D eigenvalue weighted by atomic mass is 10.00. The number of allylic oxidation sites excluding steroid dienone is 4. The van der Waals surface area contributed by atoms with E-state index in [1.165, 1.54) is 10.6 Å². The van der Waals surface area contributed by atoms with Gasteiger partial charge >= 0.3 is 0 Å². The Labute approximate surface area is 190 Å². The molecule has 0 aliphatic rings. The average Bonchev–Trinajstić information content (AvgIpc) is 2.96. The van der Waals surface area contributed by atoms with Crippen molar-refractivity contribution in [3.63, 3.8) is 0 Å². The van der Waals surface area contributed by atoms with Gasteiger partial charge in [0.2, 0.25) is 0 Å². The molecule has 0 fully saturated rings. The van der Waals surface area contributed by atoms with E-state index in [0.29, 0.717) is 12.8 Å². The summed E-state index contributed by atoms with van der Waals surface area (Å²) in [7, 11) is 0. The highest BCUT2D eigenvalue weighted by Gasteiger charge is 2.20. The fourth-order valence-electron chi connectivity index (χ4n) is 3.20. The molecule has 29 heavy (non-hydrogen) atoms. The minimum Gasteiger partial charge on any atom is -0.364 e. The zero-order valence-electron chi connectivity index (χ0n) is 19.7. The Kier molecular flexibility index (Phi) is 13.3. The topological polar surface area (TPSA) is 37.4 Å². The van der Waals surface area contributed by atoms with Gasteiger partial charge < -0.3 is 4.90 Å². The number of thiophene rings is 1. The Balaban J connectivity index is 0.000000555. The highest BCUT2D eigenvalue weighted by molar-refractivity contribution is 9.11. The molecule has 0 bridgehead atoms. The van der Waals surface area contributed by atoms with Gasteiger partial charge in [0, 0.05) is 31.5 Å². The maximum Gasteiger partial charge on any atom is 0.164 e. The summed E-state index contributed by atoms with van der Waals surface area (Å²) in [5.74, 6) is 0.497. The maximum atomic E-state index is 11.8. The summed E-state index contributed by atoms with van der Waals surface area (Å²) in [6.45, 7) is 20.2. The lowest BCUT2D eigenvalue weighted by molar-refractivity contribution is -0.115. The molecular weight excluding hydrogens is 446 g/mol. The van der Waals surface area contributed by atoms with Gasteiger partial charge in [0.25, 0.3) is 0 Å². The second-order valence-electron chi connectivity index (χ2n) is 7.14. The lowest BCUT2D eigenvalue weighted by Gasteiger charge is -2.19. The molecule has 0 saturated carbocycles. The number of hydrogen-bond donors (Lipinski definition) is 0. The minimum absolute atomic E-state index is 0.221. The van der Waals surface area contributed by atoms with Crippen molar-refractivity contribution in [2.75, 3.05) is 18.0 Å². The van der Waals surface area contributed by atoms with E-state index in [4.69, 9.17) is 0 Å². The second kappa shape index (κ2) is 13.9. The van der Waals surface area contributed by atoms with Crippen LogP contribution in [0, 0.1) is 6.92 Å². The molecule has 5 heteroatoms. The van der Waals surface area contributed by atoms with E-state index in [-0.39, 0.29) is 11.6 Å². The van der Waals surface area contributed by atoms with E-state index in [9.17, 15) is 9.59 Å². The fraction of sp³-hybridized carbons (Fsp3) is 0.583. The molecule has 1 heterocycles. The van der Waals surface area contributed by atoms with Crippen LogP contribution in [0.4, 0.5) is 5.00 Å². The van der Waals surface area contributed by atoms with E-state index in [1.54, 1.807) is 11.3 Å². The van der Waals surface area contributed by atoms with Gasteiger partial charge in [-0.15, -0.1) is 11.3 Å². The van der Waals surface area contributed by atoms with E-state index in [1.807, 2.05) is 48.5 Å². The monoisotopic (exact) mass is 483 g/mol. The molecule has 0 spiro atoms. The third-order valence-electron chi connectivity index (χ3n) is 4.72. The number of ketones is 2. The molecule has 0 atom stereocenters. The summed E-state index contributed by atoms with van der Waals surface area (Å²) < 4.78 is 0.971. The van der Waals surface area contributed by atoms with Crippen molar-refractivity contribution in [2.45, 2.75) is 81.6 Å². The van der Waals surface area contributed by atoms with Crippen molar-refractivity contribution < 1.29 is 9.59 Å². The van der Waals surface area contributed by atoms with Crippen LogP contribution in [0.3, 0.4) is 0 Å². The molecule has 1 aromatic heterocycles. The number of nitrogens with zero attached hydrogens (tertiary/aromatic N) is 1. The summed E-state index contributed by atoms with van der Waals surface area (Å²) in [6.07, 6.45) is 4.08. The summed E-state index contributed by atoms with van der Waals surface area (Å²) in [6, 6.07) is 0. The van der Waals surface area contributed by atoms with Crippen molar-refractivity contribution in [1.82, 2.24) is 0 Å². The zero-order chi connectivity index (χ0) is 22.7. The number of rotatable bonds is 9. The Hall–Kier alpha value is -1.20. The molecule has 0 amide bonds. The van der Waals surface area contributed by atoms with Crippen LogP contribution in [0.5, 0.6) is 0 Å². The number of carbonyl (C=O) groups excluding carboxylic acids is 2. The van der Waals surface area contributed by atoms with Crippen LogP contribution in [-0.4, -0.2) is 24.7 Å². The number of anilines is 1. The largest absolute Gasteiger partial charge is 0.364 e. The number of halogens is 1. The van der Waals surface area contributed by atoms with Crippen LogP contribution >= 0.6 is 27.3 Å². The highest BCUT2D eigenvalue weighted by atomic mass is 79.9. The van der Waals surface area contributed by atoms with E-state index in [2.05, 4.69) is 40.8 Å². The van der Waals surface area contributed by atoms with Crippen LogP contribution in [0.15, 0.2) is 26.6 Å². The molecule has 164 valence electrons. The number of hydrogen-bond acceptors (Lipinski definition) is 4. The van der Waals surface area contributed by atoms with Crippen molar-refractivity contribution in [2.24, 2.45) is 0 Å². The maximum absolute atomic E-state index is 11.8. The molecule has 0 N–H and O–H groups in total. The molecule has 0 aliphatic carbocycles. The van der Waals surface area contributed by atoms with Gasteiger partial charge in [-0.25, -0.2) is 0 Å². The van der Waals surface area contributed by atoms with Gasteiger partial charge in [0.15, 0.2) is 11.6 Å². The highest BCUT2D eigenvalue weighted by Crippen LogP contribution is 2.39. The van der Waals surface area contributed by atoms with Crippen LogP contribution in [0.1, 0.15) is 90.6 Å². The normalized spacial score (nSPS) is 11.2. The first-order valence-electron chi connectivity index (χ1n) is 10.5. The Morgan fingerprint density at radius 1 is 0.966 bits per heavy atom. The Morgan fingerprint density at radius 3 is 1.90 bits per heavy atom. The fourth-order valence-corrected chi connectivity index (χ4v) is 5.36. The van der Waals surface area contributed by atoms with Crippen molar-refractivity contribution in [1.29, 1.82) is 0 Å². The van der Waals surface area contributed by atoms with Gasteiger partial charge in [-0.1, -0.05) is 32.4 Å². The molecule has 1 rings (SSSR count). The SMILES string of the molecule is CCC(=O)/C(CC)=C(/C)C=C(C)C.CCC(=O)c1c(Br)sc(N(CC)CC)c1C. The van der Waals surface area contributed by atoms with E-state index in [0.717, 1.165) is 45.6 Å². The van der Waals surface area contributed by atoms with Crippen molar-refractivity contribution >= 4 is 43.8 Å². The minimum atomic E-state index is 0.221. The van der Waals surface area contributed by atoms with Crippen LogP contribution < -0.4 is 4.90 Å². The van der Waals surface area contributed by atoms with Gasteiger partial charge in [0.05, 0.1) is 8.79 Å². The van der Waals surface area contributed by atoms with Gasteiger partial charge in [0.1, 0.15) is 0 Å². The smallest absolute Gasteiger partial charge is 0.164 e. The summed E-state index contributed by atoms with van der Waals surface area (Å²) in [4.78, 5) is 25.6. The van der Waals surface area contributed by atoms with Crippen LogP contribution in [0.2, 0.25) is 0 Å². The Morgan fingerprint density at radius 2 is 1.52 bits per heavy atom. The third-order valence-corrected chi connectivity index (χ3v) is 6.74. The summed E-state index contributed by atoms with van der Waals surface area (Å²) in [5.41, 5.74) is 5.33. The predicted octanol–water partition coefficient (Wildman–Crippen LogP) is 7.92. The van der Waals surface area contributed by atoms with Gasteiger partial charge in [-0.05, 0) is 80.6 Å². The number of Topliss-reactive ketones (excluding diaryl/α,β-unsaturated/α-hetero) is 2. The molecule has 0 radical (unpaired) electrons. The predicted molar refractivity (Wildman–Crippen MR) is 133 cm³/mol. The first-order valence-corrected chi connectivity index (χ1v) is 12.1. The van der Waals surface area contributed by atoms with Gasteiger partial charge in [-0.3, -0.25) is 9.59 Å². The molecule has 0 aromatic carbocycles. The first-order chi connectivity index (χ1) is 13.6. The Bertz CT molecular complexity index is 751. The lowest BCUT2D eigenvalue weighted by Crippen LogP contribution is -2.21. The molecule has 0 unspecified atom stereocenters. The van der Waals surface area contributed by atoms with Gasteiger partial charge in [-0.2, -0.15) is 0 Å². The van der Waals surface area contributed by atoms with Crippen LogP contribution in [-0.2, 0) is 4.79 Å². The zero-order valence-corrected chi connectivity index (χ0v) is 22.1. The summed E-state index contributed by atoms with van der Waals surface area (Å²) in [5, 5.41) is 1.22.